The molecule has 3 aromatic rings. The van der Waals surface area contributed by atoms with Crippen LogP contribution in [0.25, 0.3) is 10.9 Å². The van der Waals surface area contributed by atoms with Gasteiger partial charge in [-0.05, 0) is 43.7 Å². The molecule has 142 valence electrons. The van der Waals surface area contributed by atoms with Crippen LogP contribution in [0.5, 0.6) is 5.75 Å². The Bertz CT molecular complexity index is 1080. The van der Waals surface area contributed by atoms with Gasteiger partial charge in [-0.15, -0.1) is 0 Å². The number of aromatic nitrogens is 2. The number of para-hydroxylation sites is 1. The van der Waals surface area contributed by atoms with Gasteiger partial charge in [0, 0.05) is 28.3 Å². The van der Waals surface area contributed by atoms with E-state index < -0.39 is 0 Å². The smallest absolute Gasteiger partial charge is 0.154 e. The Labute approximate surface area is 167 Å². The molecule has 2 aromatic carbocycles. The molecule has 0 saturated carbocycles. The van der Waals surface area contributed by atoms with Gasteiger partial charge in [0.05, 0.1) is 17.7 Å². The Kier molecular flexibility index (Phi) is 4.12. The molecule has 0 saturated heterocycles. The lowest BCUT2D eigenvalue weighted by Crippen LogP contribution is -2.37. The van der Waals surface area contributed by atoms with E-state index in [9.17, 15) is 0 Å². The van der Waals surface area contributed by atoms with E-state index in [2.05, 4.69) is 28.3 Å². The zero-order chi connectivity index (χ0) is 19.1. The Morgan fingerprint density at radius 3 is 3.04 bits per heavy atom. The van der Waals surface area contributed by atoms with E-state index in [0.29, 0.717) is 17.7 Å². The number of nitrogens with zero attached hydrogens (tertiary/aromatic N) is 3. The summed E-state index contributed by atoms with van der Waals surface area (Å²) in [6.07, 6.45) is 2.55. The second-order valence-electron chi connectivity index (χ2n) is 7.32. The van der Waals surface area contributed by atoms with Crippen molar-refractivity contribution in [1.82, 2.24) is 9.97 Å². The van der Waals surface area contributed by atoms with E-state index in [0.717, 1.165) is 45.9 Å². The number of rotatable bonds is 2. The first kappa shape index (κ1) is 17.3. The monoisotopic (exact) mass is 391 g/mol. The molecule has 0 radical (unpaired) electrons. The van der Waals surface area contributed by atoms with Crippen LogP contribution < -0.4 is 15.8 Å². The summed E-state index contributed by atoms with van der Waals surface area (Å²) in [6.45, 7) is 2.87. The third-order valence-electron chi connectivity index (χ3n) is 5.62. The third-order valence-corrected chi connectivity index (χ3v) is 6.58. The number of hydrogen-bond acceptors (Lipinski definition) is 7. The summed E-state index contributed by atoms with van der Waals surface area (Å²) in [4.78, 5) is 13.6. The highest BCUT2D eigenvalue weighted by Crippen LogP contribution is 2.47. The fourth-order valence-corrected chi connectivity index (χ4v) is 5.14. The summed E-state index contributed by atoms with van der Waals surface area (Å²) in [5.74, 6) is 3.01. The summed E-state index contributed by atoms with van der Waals surface area (Å²) in [5.41, 5.74) is 8.64. The first-order valence-electron chi connectivity index (χ1n) is 9.36. The molecule has 2 aliphatic heterocycles. The molecule has 0 bridgehead atoms. The molecule has 0 unspecified atom stereocenters. The molecule has 3 N–H and O–H groups in total. The van der Waals surface area contributed by atoms with Gasteiger partial charge in [0.2, 0.25) is 0 Å². The largest absolute Gasteiger partial charge is 0.493 e. The summed E-state index contributed by atoms with van der Waals surface area (Å²) in [7, 11) is 0. The lowest BCUT2D eigenvalue weighted by molar-refractivity contribution is 0.271. The van der Waals surface area contributed by atoms with E-state index in [-0.39, 0.29) is 5.54 Å². The van der Waals surface area contributed by atoms with Crippen molar-refractivity contribution in [3.8, 4) is 5.75 Å². The highest BCUT2D eigenvalue weighted by atomic mass is 32.2. The average Bonchev–Trinajstić information content (AvgIpc) is 2.84. The Balaban J connectivity index is 1.58. The highest BCUT2D eigenvalue weighted by molar-refractivity contribution is 8.13. The number of benzene rings is 2. The van der Waals surface area contributed by atoms with Crippen molar-refractivity contribution >= 4 is 39.3 Å². The maximum atomic E-state index is 6.10. The maximum absolute atomic E-state index is 6.10. The molecular formula is C21H21N5OS. The molecule has 0 aliphatic carbocycles. The SMILES string of the molecule is C[C@]12N=C(N)SC[C@H]1CCOc1ccc(Nc3ncnc4ccccc34)cc12. The average molecular weight is 392 g/mol. The minimum Gasteiger partial charge on any atom is -0.493 e. The number of nitrogens with two attached hydrogens (primary N) is 1. The molecule has 0 spiro atoms. The molecule has 3 heterocycles. The van der Waals surface area contributed by atoms with Gasteiger partial charge in [-0.25, -0.2) is 9.97 Å². The van der Waals surface area contributed by atoms with Crippen LogP contribution in [0.1, 0.15) is 18.9 Å². The van der Waals surface area contributed by atoms with Crippen LogP contribution in [0.15, 0.2) is 53.8 Å². The van der Waals surface area contributed by atoms with Crippen molar-refractivity contribution < 1.29 is 4.74 Å². The summed E-state index contributed by atoms with van der Waals surface area (Å²) in [5, 5.41) is 5.08. The van der Waals surface area contributed by atoms with Crippen molar-refractivity contribution in [2.45, 2.75) is 18.9 Å². The van der Waals surface area contributed by atoms with Gasteiger partial charge in [-0.3, -0.25) is 4.99 Å². The number of amidine groups is 1. The molecule has 1 aromatic heterocycles. The zero-order valence-electron chi connectivity index (χ0n) is 15.6. The Morgan fingerprint density at radius 2 is 2.11 bits per heavy atom. The first-order valence-corrected chi connectivity index (χ1v) is 10.3. The summed E-state index contributed by atoms with van der Waals surface area (Å²) >= 11 is 1.63. The van der Waals surface area contributed by atoms with Crippen molar-refractivity contribution in [2.24, 2.45) is 16.6 Å². The molecule has 0 amide bonds. The Morgan fingerprint density at radius 1 is 1.21 bits per heavy atom. The minimum atomic E-state index is -0.382. The van der Waals surface area contributed by atoms with Gasteiger partial charge in [0.1, 0.15) is 17.9 Å². The number of nitrogens with one attached hydrogen (secondary N) is 1. The van der Waals surface area contributed by atoms with Crippen molar-refractivity contribution in [3.63, 3.8) is 0 Å². The number of hydrogen-bond donors (Lipinski definition) is 2. The fraction of sp³-hybridized carbons (Fsp3) is 0.286. The molecule has 5 rings (SSSR count). The third kappa shape index (κ3) is 2.86. The number of aliphatic imine (C=N–C) groups is 1. The van der Waals surface area contributed by atoms with Crippen LogP contribution >= 0.6 is 11.8 Å². The second kappa shape index (κ2) is 6.67. The molecular weight excluding hydrogens is 370 g/mol. The van der Waals surface area contributed by atoms with Crippen LogP contribution in [0.4, 0.5) is 11.5 Å². The van der Waals surface area contributed by atoms with Crippen LogP contribution in [0.2, 0.25) is 0 Å². The van der Waals surface area contributed by atoms with Gasteiger partial charge < -0.3 is 15.8 Å². The van der Waals surface area contributed by atoms with Crippen molar-refractivity contribution in [2.75, 3.05) is 17.7 Å². The highest BCUT2D eigenvalue weighted by Gasteiger charge is 2.42. The van der Waals surface area contributed by atoms with E-state index >= 15 is 0 Å². The number of thioether (sulfide) groups is 1. The predicted octanol–water partition coefficient (Wildman–Crippen LogP) is 4.05. The van der Waals surface area contributed by atoms with Crippen molar-refractivity contribution in [1.29, 1.82) is 0 Å². The van der Waals surface area contributed by atoms with Gasteiger partial charge >= 0.3 is 0 Å². The van der Waals surface area contributed by atoms with Crippen LogP contribution in [0.3, 0.4) is 0 Å². The molecule has 0 fully saturated rings. The van der Waals surface area contributed by atoms with Gasteiger partial charge in [0.15, 0.2) is 5.17 Å². The number of fused-ring (bicyclic) bond motifs is 4. The molecule has 2 atom stereocenters. The first-order chi connectivity index (χ1) is 13.6. The summed E-state index contributed by atoms with van der Waals surface area (Å²) < 4.78 is 6.04. The standard InChI is InChI=1S/C21H21N5OS/c1-21-13(11-28-20(22)26-21)8-9-27-18-7-6-14(10-16(18)21)25-19-15-4-2-3-5-17(15)23-12-24-19/h2-7,10,12-13H,8-9,11H2,1H3,(H2,22,26)(H,23,24,25)/t13-,21+/m1/s1. The van der Waals surface area contributed by atoms with Crippen LogP contribution in [-0.4, -0.2) is 27.5 Å². The number of anilines is 2. The van der Waals surface area contributed by atoms with E-state index in [1.165, 1.54) is 0 Å². The maximum Gasteiger partial charge on any atom is 0.154 e. The van der Waals surface area contributed by atoms with Gasteiger partial charge in [-0.1, -0.05) is 23.9 Å². The topological polar surface area (TPSA) is 85.4 Å². The lowest BCUT2D eigenvalue weighted by atomic mass is 9.79. The lowest BCUT2D eigenvalue weighted by Gasteiger charge is -2.36. The van der Waals surface area contributed by atoms with Gasteiger partial charge in [0.25, 0.3) is 0 Å². The molecule has 2 aliphatic rings. The number of ether oxygens (including phenoxy) is 1. The zero-order valence-corrected chi connectivity index (χ0v) is 16.4. The van der Waals surface area contributed by atoms with E-state index in [4.69, 9.17) is 15.5 Å². The normalized spacial score (nSPS) is 23.8. The second-order valence-corrected chi connectivity index (χ2v) is 8.36. The Hall–Kier alpha value is -2.80. The molecule has 7 heteroatoms. The van der Waals surface area contributed by atoms with E-state index in [1.54, 1.807) is 18.1 Å². The summed E-state index contributed by atoms with van der Waals surface area (Å²) in [6, 6.07) is 14.1. The van der Waals surface area contributed by atoms with Gasteiger partial charge in [-0.2, -0.15) is 0 Å². The van der Waals surface area contributed by atoms with Crippen molar-refractivity contribution in [3.05, 3.63) is 54.4 Å². The molecule has 28 heavy (non-hydrogen) atoms. The molecule has 6 nitrogen and oxygen atoms in total. The van der Waals surface area contributed by atoms with Crippen LogP contribution in [0, 0.1) is 5.92 Å². The quantitative estimate of drug-likeness (QED) is 0.685. The van der Waals surface area contributed by atoms with Crippen LogP contribution in [-0.2, 0) is 5.54 Å². The predicted molar refractivity (Wildman–Crippen MR) is 114 cm³/mol. The van der Waals surface area contributed by atoms with E-state index in [1.807, 2.05) is 36.4 Å². The fourth-order valence-electron chi connectivity index (χ4n) is 4.03. The minimum absolute atomic E-state index is 0.382.